The molecule has 1 aromatic heterocycles. The van der Waals surface area contributed by atoms with Gasteiger partial charge in [-0.25, -0.2) is 18.1 Å². The molecule has 1 N–H and O–H groups in total. The number of pyridine rings is 1. The summed E-state index contributed by atoms with van der Waals surface area (Å²) >= 11 is 5.70. The Bertz CT molecular complexity index is 506. The zero-order chi connectivity index (χ0) is 12.5. The van der Waals surface area contributed by atoms with Crippen molar-refractivity contribution in [1.29, 1.82) is 0 Å². The molecule has 0 amide bonds. The standard InChI is InChI=1S/C11H15ClN2O2S/c1-2-11(5-3-6-11)14-17(15,16)9-4-7-13-10(12)8-9/h4,7-8,14H,2-3,5-6H2,1H3. The van der Waals surface area contributed by atoms with E-state index in [1.807, 2.05) is 6.92 Å². The van der Waals surface area contributed by atoms with Gasteiger partial charge in [-0.2, -0.15) is 0 Å². The van der Waals surface area contributed by atoms with E-state index >= 15 is 0 Å². The number of nitrogens with zero attached hydrogens (tertiary/aromatic N) is 1. The van der Waals surface area contributed by atoms with E-state index in [-0.39, 0.29) is 15.6 Å². The number of hydrogen-bond acceptors (Lipinski definition) is 3. The van der Waals surface area contributed by atoms with E-state index in [2.05, 4.69) is 9.71 Å². The third-order valence-electron chi connectivity index (χ3n) is 3.35. The van der Waals surface area contributed by atoms with Gasteiger partial charge in [-0.05, 0) is 37.8 Å². The molecule has 1 saturated carbocycles. The van der Waals surface area contributed by atoms with Crippen molar-refractivity contribution in [3.05, 3.63) is 23.5 Å². The number of rotatable bonds is 4. The van der Waals surface area contributed by atoms with Crippen molar-refractivity contribution >= 4 is 21.6 Å². The quantitative estimate of drug-likeness (QED) is 0.858. The van der Waals surface area contributed by atoms with Crippen LogP contribution in [0.1, 0.15) is 32.6 Å². The van der Waals surface area contributed by atoms with Crippen molar-refractivity contribution in [1.82, 2.24) is 9.71 Å². The average Bonchev–Trinajstić information content (AvgIpc) is 2.24. The summed E-state index contributed by atoms with van der Waals surface area (Å²) in [6.07, 6.45) is 5.10. The molecule has 0 spiro atoms. The van der Waals surface area contributed by atoms with Crippen LogP contribution >= 0.6 is 11.6 Å². The number of aromatic nitrogens is 1. The fourth-order valence-electron chi connectivity index (χ4n) is 2.03. The minimum atomic E-state index is -3.49. The van der Waals surface area contributed by atoms with Crippen LogP contribution in [0.4, 0.5) is 0 Å². The summed E-state index contributed by atoms with van der Waals surface area (Å²) in [5, 5.41) is 0.187. The molecule has 1 heterocycles. The van der Waals surface area contributed by atoms with E-state index in [0.717, 1.165) is 25.7 Å². The summed E-state index contributed by atoms with van der Waals surface area (Å²) in [7, 11) is -3.49. The van der Waals surface area contributed by atoms with E-state index < -0.39 is 10.0 Å². The van der Waals surface area contributed by atoms with Crippen LogP contribution in [-0.4, -0.2) is 18.9 Å². The van der Waals surface area contributed by atoms with Gasteiger partial charge in [-0.1, -0.05) is 18.5 Å². The third kappa shape index (κ3) is 2.61. The molecule has 1 fully saturated rings. The number of hydrogen-bond donors (Lipinski definition) is 1. The second-order valence-corrected chi connectivity index (χ2v) is 6.48. The summed E-state index contributed by atoms with van der Waals surface area (Å²) in [6, 6.07) is 2.82. The van der Waals surface area contributed by atoms with E-state index in [9.17, 15) is 8.42 Å². The van der Waals surface area contributed by atoms with Crippen LogP contribution in [0.3, 0.4) is 0 Å². The Hall–Kier alpha value is -0.650. The van der Waals surface area contributed by atoms with Crippen molar-refractivity contribution in [2.75, 3.05) is 0 Å². The molecule has 0 atom stereocenters. The molecule has 0 aliphatic heterocycles. The van der Waals surface area contributed by atoms with Gasteiger partial charge in [-0.3, -0.25) is 0 Å². The molecule has 0 bridgehead atoms. The van der Waals surface area contributed by atoms with Crippen molar-refractivity contribution in [2.45, 2.75) is 43.0 Å². The van der Waals surface area contributed by atoms with Crippen LogP contribution in [-0.2, 0) is 10.0 Å². The topological polar surface area (TPSA) is 59.1 Å². The van der Waals surface area contributed by atoms with Gasteiger partial charge in [0, 0.05) is 11.7 Å². The Morgan fingerprint density at radius 3 is 2.71 bits per heavy atom. The lowest BCUT2D eigenvalue weighted by Gasteiger charge is -2.41. The third-order valence-corrected chi connectivity index (χ3v) is 5.13. The first-order chi connectivity index (χ1) is 7.97. The first-order valence-corrected chi connectivity index (χ1v) is 7.49. The van der Waals surface area contributed by atoms with E-state index in [0.29, 0.717) is 0 Å². The molecule has 0 radical (unpaired) electrons. The van der Waals surface area contributed by atoms with Crippen LogP contribution in [0.15, 0.2) is 23.2 Å². The van der Waals surface area contributed by atoms with E-state index in [4.69, 9.17) is 11.6 Å². The summed E-state index contributed by atoms with van der Waals surface area (Å²) in [5.41, 5.74) is -0.255. The number of sulfonamides is 1. The lowest BCUT2D eigenvalue weighted by molar-refractivity contribution is 0.214. The summed E-state index contributed by atoms with van der Waals surface area (Å²) < 4.78 is 27.1. The molecule has 1 aromatic rings. The maximum Gasteiger partial charge on any atom is 0.241 e. The highest BCUT2D eigenvalue weighted by Gasteiger charge is 2.39. The maximum absolute atomic E-state index is 12.2. The predicted octanol–water partition coefficient (Wildman–Crippen LogP) is 2.35. The van der Waals surface area contributed by atoms with Gasteiger partial charge in [0.05, 0.1) is 4.90 Å². The fourth-order valence-corrected chi connectivity index (χ4v) is 3.81. The Labute approximate surface area is 106 Å². The number of nitrogens with one attached hydrogen (secondary N) is 1. The highest BCUT2D eigenvalue weighted by molar-refractivity contribution is 7.89. The van der Waals surface area contributed by atoms with Crippen LogP contribution in [0.2, 0.25) is 5.15 Å². The Balaban J connectivity index is 2.25. The Kier molecular flexibility index (Phi) is 3.43. The van der Waals surface area contributed by atoms with Gasteiger partial charge < -0.3 is 0 Å². The molecule has 0 aromatic carbocycles. The second-order valence-electron chi connectivity index (χ2n) is 4.41. The molecule has 17 heavy (non-hydrogen) atoms. The second kappa shape index (κ2) is 4.55. The van der Waals surface area contributed by atoms with Gasteiger partial charge in [0.1, 0.15) is 5.15 Å². The van der Waals surface area contributed by atoms with Crippen molar-refractivity contribution < 1.29 is 8.42 Å². The lowest BCUT2D eigenvalue weighted by Crippen LogP contribution is -2.52. The molecule has 4 nitrogen and oxygen atoms in total. The fraction of sp³-hybridized carbons (Fsp3) is 0.545. The van der Waals surface area contributed by atoms with Crippen LogP contribution in [0, 0.1) is 0 Å². The summed E-state index contributed by atoms with van der Waals surface area (Å²) in [5.74, 6) is 0. The molecule has 1 aliphatic rings. The molecule has 0 unspecified atom stereocenters. The average molecular weight is 275 g/mol. The highest BCUT2D eigenvalue weighted by Crippen LogP contribution is 2.36. The summed E-state index contributed by atoms with van der Waals surface area (Å²) in [4.78, 5) is 3.96. The SMILES string of the molecule is CCC1(NS(=O)(=O)c2ccnc(Cl)c2)CCC1. The Morgan fingerprint density at radius 2 is 2.24 bits per heavy atom. The van der Waals surface area contributed by atoms with Crippen molar-refractivity contribution in [3.8, 4) is 0 Å². The normalized spacial score (nSPS) is 18.7. The molecule has 94 valence electrons. The van der Waals surface area contributed by atoms with Crippen LogP contribution in [0.25, 0.3) is 0 Å². The molecule has 1 aliphatic carbocycles. The zero-order valence-corrected chi connectivity index (χ0v) is 11.2. The molecular weight excluding hydrogens is 260 g/mol. The largest absolute Gasteiger partial charge is 0.244 e. The van der Waals surface area contributed by atoms with Crippen molar-refractivity contribution in [3.63, 3.8) is 0 Å². The molecule has 0 saturated heterocycles. The van der Waals surface area contributed by atoms with Gasteiger partial charge in [0.2, 0.25) is 10.0 Å². The van der Waals surface area contributed by atoms with Gasteiger partial charge >= 0.3 is 0 Å². The molecule has 2 rings (SSSR count). The molecular formula is C11H15ClN2O2S. The Morgan fingerprint density at radius 1 is 1.53 bits per heavy atom. The maximum atomic E-state index is 12.2. The zero-order valence-electron chi connectivity index (χ0n) is 9.61. The van der Waals surface area contributed by atoms with E-state index in [1.54, 1.807) is 0 Å². The first kappa shape index (κ1) is 12.8. The predicted molar refractivity (Wildman–Crippen MR) is 66.4 cm³/mol. The van der Waals surface area contributed by atoms with Crippen LogP contribution < -0.4 is 4.72 Å². The minimum absolute atomic E-state index is 0.178. The van der Waals surface area contributed by atoms with Crippen LogP contribution in [0.5, 0.6) is 0 Å². The highest BCUT2D eigenvalue weighted by atomic mass is 35.5. The van der Waals surface area contributed by atoms with Crippen molar-refractivity contribution in [2.24, 2.45) is 0 Å². The lowest BCUT2D eigenvalue weighted by atomic mass is 9.76. The molecule has 6 heteroatoms. The van der Waals surface area contributed by atoms with Gasteiger partial charge in [0.25, 0.3) is 0 Å². The number of halogens is 1. The smallest absolute Gasteiger partial charge is 0.241 e. The minimum Gasteiger partial charge on any atom is -0.244 e. The monoisotopic (exact) mass is 274 g/mol. The first-order valence-electron chi connectivity index (χ1n) is 5.63. The summed E-state index contributed by atoms with van der Waals surface area (Å²) in [6.45, 7) is 2.00. The van der Waals surface area contributed by atoms with Gasteiger partial charge in [-0.15, -0.1) is 0 Å². The van der Waals surface area contributed by atoms with Gasteiger partial charge in [0.15, 0.2) is 0 Å². The van der Waals surface area contributed by atoms with E-state index in [1.165, 1.54) is 18.3 Å².